The highest BCUT2D eigenvalue weighted by Gasteiger charge is 2.22. The van der Waals surface area contributed by atoms with Gasteiger partial charge in [-0.15, -0.1) is 0 Å². The third kappa shape index (κ3) is 4.16. The molecule has 18 heavy (non-hydrogen) atoms. The van der Waals surface area contributed by atoms with Crippen LogP contribution in [0.4, 0.5) is 0 Å². The quantitative estimate of drug-likeness (QED) is 0.846. The number of benzene rings is 1. The number of rotatable bonds is 5. The molecule has 0 bridgehead atoms. The van der Waals surface area contributed by atoms with E-state index in [1.165, 1.54) is 7.11 Å². The van der Waals surface area contributed by atoms with Crippen molar-refractivity contribution < 1.29 is 9.53 Å². The van der Waals surface area contributed by atoms with Gasteiger partial charge in [-0.05, 0) is 23.6 Å². The van der Waals surface area contributed by atoms with Crippen LogP contribution >= 0.6 is 23.2 Å². The van der Waals surface area contributed by atoms with Gasteiger partial charge in [-0.25, -0.2) is 0 Å². The van der Waals surface area contributed by atoms with Crippen molar-refractivity contribution in [3.05, 3.63) is 33.8 Å². The van der Waals surface area contributed by atoms with E-state index < -0.39 is 0 Å². The monoisotopic (exact) mass is 289 g/mol. The Morgan fingerprint density at radius 1 is 1.39 bits per heavy atom. The van der Waals surface area contributed by atoms with Gasteiger partial charge in [-0.2, -0.15) is 0 Å². The summed E-state index contributed by atoms with van der Waals surface area (Å²) in [5.41, 5.74) is 0.899. The van der Waals surface area contributed by atoms with Crippen molar-refractivity contribution >= 4 is 29.2 Å². The second-order valence-corrected chi connectivity index (χ2v) is 5.21. The van der Waals surface area contributed by atoms with Crippen molar-refractivity contribution in [1.82, 2.24) is 5.32 Å². The van der Waals surface area contributed by atoms with Gasteiger partial charge in [0.15, 0.2) is 0 Å². The maximum Gasteiger partial charge on any atom is 0.323 e. The summed E-state index contributed by atoms with van der Waals surface area (Å²) in [6.45, 7) is 4.41. The third-order valence-corrected chi connectivity index (χ3v) is 3.24. The Morgan fingerprint density at radius 2 is 2.06 bits per heavy atom. The van der Waals surface area contributed by atoms with Gasteiger partial charge in [-0.1, -0.05) is 43.1 Å². The van der Waals surface area contributed by atoms with E-state index in [4.69, 9.17) is 27.9 Å². The molecule has 0 amide bonds. The molecular formula is C13H17Cl2NO2. The average molecular weight is 290 g/mol. The summed E-state index contributed by atoms with van der Waals surface area (Å²) in [5.74, 6) is -0.126. The molecule has 1 aromatic carbocycles. The highest BCUT2D eigenvalue weighted by molar-refractivity contribution is 6.35. The van der Waals surface area contributed by atoms with E-state index in [-0.39, 0.29) is 17.9 Å². The Morgan fingerprint density at radius 3 is 2.56 bits per heavy atom. The van der Waals surface area contributed by atoms with Crippen LogP contribution in [0.1, 0.15) is 19.4 Å². The molecular weight excluding hydrogens is 273 g/mol. The standard InChI is InChI=1S/C13H17Cl2NO2/c1-8(2)12(13(17)18-3)16-7-9-4-5-10(14)6-11(9)15/h4-6,8,12,16H,7H2,1-3H3. The molecule has 1 aromatic rings. The summed E-state index contributed by atoms with van der Waals surface area (Å²) in [6, 6.07) is 4.95. The first-order valence-electron chi connectivity index (χ1n) is 5.70. The SMILES string of the molecule is COC(=O)C(NCc1ccc(Cl)cc1Cl)C(C)C. The fraction of sp³-hybridized carbons (Fsp3) is 0.462. The number of ether oxygens (including phenoxy) is 1. The molecule has 0 radical (unpaired) electrons. The Bertz CT molecular complexity index is 421. The second-order valence-electron chi connectivity index (χ2n) is 4.36. The largest absolute Gasteiger partial charge is 0.468 e. The minimum absolute atomic E-state index is 0.142. The number of halogens is 2. The molecule has 100 valence electrons. The Hall–Kier alpha value is -0.770. The number of carbonyl (C=O) groups excluding carboxylic acids is 1. The first-order valence-corrected chi connectivity index (χ1v) is 6.46. The number of hydrogen-bond acceptors (Lipinski definition) is 3. The highest BCUT2D eigenvalue weighted by atomic mass is 35.5. The van der Waals surface area contributed by atoms with Crippen molar-refractivity contribution in [3.63, 3.8) is 0 Å². The smallest absolute Gasteiger partial charge is 0.323 e. The van der Waals surface area contributed by atoms with Gasteiger partial charge in [0.1, 0.15) is 6.04 Å². The first-order chi connectivity index (χ1) is 8.45. The predicted molar refractivity (Wildman–Crippen MR) is 73.9 cm³/mol. The zero-order valence-corrected chi connectivity index (χ0v) is 12.2. The van der Waals surface area contributed by atoms with Gasteiger partial charge < -0.3 is 10.1 Å². The lowest BCUT2D eigenvalue weighted by Crippen LogP contribution is -2.41. The zero-order valence-electron chi connectivity index (χ0n) is 10.7. The summed E-state index contributed by atoms with van der Waals surface area (Å²) >= 11 is 11.9. The van der Waals surface area contributed by atoms with Gasteiger partial charge in [0.05, 0.1) is 7.11 Å². The third-order valence-electron chi connectivity index (χ3n) is 2.65. The number of nitrogens with one attached hydrogen (secondary N) is 1. The van der Waals surface area contributed by atoms with E-state index in [0.29, 0.717) is 16.6 Å². The molecule has 0 aliphatic rings. The first kappa shape index (κ1) is 15.3. The molecule has 1 unspecified atom stereocenters. The van der Waals surface area contributed by atoms with E-state index in [2.05, 4.69) is 5.32 Å². The maximum atomic E-state index is 11.6. The van der Waals surface area contributed by atoms with Gasteiger partial charge in [-0.3, -0.25) is 4.79 Å². The lowest BCUT2D eigenvalue weighted by Gasteiger charge is -2.20. The molecule has 5 heteroatoms. The minimum atomic E-state index is -0.346. The summed E-state index contributed by atoms with van der Waals surface area (Å²) in [7, 11) is 1.38. The molecule has 0 fully saturated rings. The molecule has 0 saturated carbocycles. The fourth-order valence-corrected chi connectivity index (χ4v) is 2.08. The van der Waals surface area contributed by atoms with Gasteiger partial charge in [0.2, 0.25) is 0 Å². The van der Waals surface area contributed by atoms with Crippen LogP contribution in [0, 0.1) is 5.92 Å². The fourth-order valence-electron chi connectivity index (χ4n) is 1.60. The maximum absolute atomic E-state index is 11.6. The Kier molecular flexibility index (Phi) is 5.93. The second kappa shape index (κ2) is 6.98. The topological polar surface area (TPSA) is 38.3 Å². The van der Waals surface area contributed by atoms with Crippen LogP contribution in [0.15, 0.2) is 18.2 Å². The van der Waals surface area contributed by atoms with Crippen molar-refractivity contribution in [2.75, 3.05) is 7.11 Å². The normalized spacial score (nSPS) is 12.6. The number of methoxy groups -OCH3 is 1. The summed E-state index contributed by atoms with van der Waals surface area (Å²) in [5, 5.41) is 4.32. The number of hydrogen-bond donors (Lipinski definition) is 1. The molecule has 1 N–H and O–H groups in total. The van der Waals surface area contributed by atoms with E-state index in [1.807, 2.05) is 19.9 Å². The molecule has 0 aliphatic carbocycles. The van der Waals surface area contributed by atoms with Gasteiger partial charge in [0.25, 0.3) is 0 Å². The Balaban J connectivity index is 2.70. The molecule has 1 atom stereocenters. The van der Waals surface area contributed by atoms with Crippen LogP contribution in [0.3, 0.4) is 0 Å². The highest BCUT2D eigenvalue weighted by Crippen LogP contribution is 2.21. The minimum Gasteiger partial charge on any atom is -0.468 e. The number of esters is 1. The van der Waals surface area contributed by atoms with Crippen LogP contribution in [0.5, 0.6) is 0 Å². The number of carbonyl (C=O) groups is 1. The zero-order chi connectivity index (χ0) is 13.7. The lowest BCUT2D eigenvalue weighted by molar-refractivity contribution is -0.144. The van der Waals surface area contributed by atoms with E-state index in [1.54, 1.807) is 12.1 Å². The van der Waals surface area contributed by atoms with Gasteiger partial charge in [0, 0.05) is 16.6 Å². The van der Waals surface area contributed by atoms with Gasteiger partial charge >= 0.3 is 5.97 Å². The molecule has 0 spiro atoms. The Labute approximate surface area is 117 Å². The van der Waals surface area contributed by atoms with Crippen molar-refractivity contribution in [1.29, 1.82) is 0 Å². The van der Waals surface area contributed by atoms with Crippen LogP contribution < -0.4 is 5.32 Å². The van der Waals surface area contributed by atoms with Crippen LogP contribution in [-0.4, -0.2) is 19.1 Å². The summed E-state index contributed by atoms with van der Waals surface area (Å²) in [6.07, 6.45) is 0. The lowest BCUT2D eigenvalue weighted by atomic mass is 10.0. The average Bonchev–Trinajstić information content (AvgIpc) is 2.31. The molecule has 3 nitrogen and oxygen atoms in total. The molecule has 1 rings (SSSR count). The van der Waals surface area contributed by atoms with Crippen molar-refractivity contribution in [2.45, 2.75) is 26.4 Å². The van der Waals surface area contributed by atoms with Crippen LogP contribution in [0.2, 0.25) is 10.0 Å². The van der Waals surface area contributed by atoms with E-state index in [9.17, 15) is 4.79 Å². The van der Waals surface area contributed by atoms with Crippen molar-refractivity contribution in [3.8, 4) is 0 Å². The molecule has 0 aromatic heterocycles. The predicted octanol–water partition coefficient (Wildman–Crippen LogP) is 3.28. The molecule has 0 aliphatic heterocycles. The van der Waals surface area contributed by atoms with Crippen LogP contribution in [-0.2, 0) is 16.1 Å². The molecule has 0 heterocycles. The summed E-state index contributed by atoms with van der Waals surface area (Å²) in [4.78, 5) is 11.6. The van der Waals surface area contributed by atoms with E-state index >= 15 is 0 Å². The van der Waals surface area contributed by atoms with Crippen molar-refractivity contribution in [2.24, 2.45) is 5.92 Å². The molecule has 0 saturated heterocycles. The summed E-state index contributed by atoms with van der Waals surface area (Å²) < 4.78 is 4.76. The van der Waals surface area contributed by atoms with Crippen LogP contribution in [0.25, 0.3) is 0 Å². The van der Waals surface area contributed by atoms with E-state index in [0.717, 1.165) is 5.56 Å².